The maximum absolute atomic E-state index is 11.8. The van der Waals surface area contributed by atoms with Crippen LogP contribution in [0, 0.1) is 0 Å². The Labute approximate surface area is 114 Å². The number of hydrogen-bond acceptors (Lipinski definition) is 4. The van der Waals surface area contributed by atoms with Crippen molar-refractivity contribution in [1.29, 1.82) is 0 Å². The Kier molecular flexibility index (Phi) is 3.05. The highest BCUT2D eigenvalue weighted by Gasteiger charge is 2.03. The van der Waals surface area contributed by atoms with E-state index in [1.165, 1.54) is 6.21 Å². The van der Waals surface area contributed by atoms with Gasteiger partial charge in [-0.15, -0.1) is 0 Å². The summed E-state index contributed by atoms with van der Waals surface area (Å²) in [6.45, 7) is 0. The molecule has 1 aromatic heterocycles. The van der Waals surface area contributed by atoms with Gasteiger partial charge < -0.3 is 9.52 Å². The Balaban J connectivity index is 2.05. The number of para-hydroxylation sites is 2. The summed E-state index contributed by atoms with van der Waals surface area (Å²) in [5.74, 6) is 0.112. The summed E-state index contributed by atoms with van der Waals surface area (Å²) < 4.78 is 5.18. The second kappa shape index (κ2) is 5.01. The largest absolute Gasteiger partial charge is 0.507 e. The zero-order valence-electron chi connectivity index (χ0n) is 10.5. The molecular weight excluding hydrogens is 254 g/mol. The van der Waals surface area contributed by atoms with E-state index in [-0.39, 0.29) is 11.4 Å². The molecule has 1 heterocycles. The molecule has 3 rings (SSSR count). The predicted octanol–water partition coefficient (Wildman–Crippen LogP) is 3.25. The molecule has 0 unspecified atom stereocenters. The molecule has 0 aliphatic heterocycles. The summed E-state index contributed by atoms with van der Waals surface area (Å²) in [5.41, 5.74) is 0.765. The molecule has 1 N–H and O–H groups in total. The lowest BCUT2D eigenvalue weighted by Gasteiger charge is -1.98. The Bertz CT molecular complexity index is 849. The summed E-state index contributed by atoms with van der Waals surface area (Å²) >= 11 is 0. The van der Waals surface area contributed by atoms with Crippen molar-refractivity contribution >= 4 is 22.9 Å². The minimum Gasteiger partial charge on any atom is -0.507 e. The van der Waals surface area contributed by atoms with Gasteiger partial charge in [-0.2, -0.15) is 0 Å². The van der Waals surface area contributed by atoms with Crippen molar-refractivity contribution in [2.24, 2.45) is 4.99 Å². The Morgan fingerprint density at radius 1 is 1.05 bits per heavy atom. The first-order chi connectivity index (χ1) is 9.74. The molecule has 0 spiro atoms. The molecule has 0 radical (unpaired) electrons. The minimum atomic E-state index is -0.504. The molecule has 0 amide bonds. The second-order valence-corrected chi connectivity index (χ2v) is 4.27. The third-order valence-corrected chi connectivity index (χ3v) is 2.90. The average molecular weight is 265 g/mol. The van der Waals surface area contributed by atoms with E-state index in [9.17, 15) is 9.90 Å². The third-order valence-electron chi connectivity index (χ3n) is 2.90. The molecular formula is C16H11NO3. The first-order valence-electron chi connectivity index (χ1n) is 6.09. The number of rotatable bonds is 2. The molecule has 0 saturated heterocycles. The lowest BCUT2D eigenvalue weighted by molar-refractivity contribution is 0.474. The van der Waals surface area contributed by atoms with Crippen LogP contribution in [0.1, 0.15) is 5.56 Å². The second-order valence-electron chi connectivity index (χ2n) is 4.27. The van der Waals surface area contributed by atoms with E-state index in [4.69, 9.17) is 4.42 Å². The smallest absolute Gasteiger partial charge is 0.362 e. The van der Waals surface area contributed by atoms with Gasteiger partial charge in [0.2, 0.25) is 0 Å². The first-order valence-corrected chi connectivity index (χ1v) is 6.09. The molecule has 0 fully saturated rings. The number of nitrogens with zero attached hydrogens (tertiary/aromatic N) is 1. The van der Waals surface area contributed by atoms with Crippen molar-refractivity contribution in [3.63, 3.8) is 0 Å². The third kappa shape index (κ3) is 2.31. The minimum absolute atomic E-state index is 0.112. The summed E-state index contributed by atoms with van der Waals surface area (Å²) in [6.07, 6.45) is 1.44. The van der Waals surface area contributed by atoms with E-state index >= 15 is 0 Å². The van der Waals surface area contributed by atoms with Gasteiger partial charge in [0, 0.05) is 17.2 Å². The van der Waals surface area contributed by atoms with Gasteiger partial charge in [-0.25, -0.2) is 9.79 Å². The van der Waals surface area contributed by atoms with Gasteiger partial charge in [0.1, 0.15) is 17.0 Å². The molecule has 4 nitrogen and oxygen atoms in total. The molecule has 0 saturated carbocycles. The van der Waals surface area contributed by atoms with E-state index < -0.39 is 5.63 Å². The Hall–Kier alpha value is -2.88. The van der Waals surface area contributed by atoms with Crippen LogP contribution in [0.4, 0.5) is 5.69 Å². The maximum Gasteiger partial charge on any atom is 0.362 e. The van der Waals surface area contributed by atoms with Gasteiger partial charge in [0.25, 0.3) is 0 Å². The van der Waals surface area contributed by atoms with Crippen LogP contribution in [0.15, 0.2) is 68.8 Å². The number of phenols is 1. The Morgan fingerprint density at radius 2 is 1.80 bits per heavy atom. The molecule has 0 atom stereocenters. The summed E-state index contributed by atoms with van der Waals surface area (Å²) in [5, 5.41) is 10.4. The SMILES string of the molecule is O=c1oc2ccccc2cc1/N=C/c1ccccc1O. The normalized spacial score (nSPS) is 11.2. The summed E-state index contributed by atoms with van der Waals surface area (Å²) in [7, 11) is 0. The van der Waals surface area contributed by atoms with Crippen LogP contribution in [0.25, 0.3) is 11.0 Å². The fourth-order valence-corrected chi connectivity index (χ4v) is 1.88. The lowest BCUT2D eigenvalue weighted by Crippen LogP contribution is -1.97. The highest BCUT2D eigenvalue weighted by Crippen LogP contribution is 2.18. The van der Waals surface area contributed by atoms with Crippen LogP contribution in [0.5, 0.6) is 5.75 Å². The number of benzene rings is 2. The molecule has 3 aromatic rings. The number of phenolic OH excluding ortho intramolecular Hbond substituents is 1. The van der Waals surface area contributed by atoms with E-state index in [1.807, 2.05) is 12.1 Å². The van der Waals surface area contributed by atoms with Crippen LogP contribution < -0.4 is 5.63 Å². The van der Waals surface area contributed by atoms with Crippen LogP contribution in [-0.2, 0) is 0 Å². The molecule has 98 valence electrons. The zero-order chi connectivity index (χ0) is 13.9. The van der Waals surface area contributed by atoms with Crippen LogP contribution >= 0.6 is 0 Å². The zero-order valence-corrected chi connectivity index (χ0v) is 10.5. The van der Waals surface area contributed by atoms with Crippen LogP contribution in [0.3, 0.4) is 0 Å². The van der Waals surface area contributed by atoms with Crippen LogP contribution in [0.2, 0.25) is 0 Å². The molecule has 0 aliphatic rings. The van der Waals surface area contributed by atoms with Gasteiger partial charge in [-0.05, 0) is 24.3 Å². The van der Waals surface area contributed by atoms with Gasteiger partial charge in [0.15, 0.2) is 0 Å². The van der Waals surface area contributed by atoms with E-state index in [2.05, 4.69) is 4.99 Å². The predicted molar refractivity (Wildman–Crippen MR) is 77.8 cm³/mol. The highest BCUT2D eigenvalue weighted by molar-refractivity contribution is 5.86. The van der Waals surface area contributed by atoms with Crippen molar-refractivity contribution < 1.29 is 9.52 Å². The number of aromatic hydroxyl groups is 1. The quantitative estimate of drug-likeness (QED) is 0.571. The highest BCUT2D eigenvalue weighted by atomic mass is 16.4. The molecule has 4 heteroatoms. The van der Waals surface area contributed by atoms with Crippen molar-refractivity contribution in [2.45, 2.75) is 0 Å². The fraction of sp³-hybridized carbons (Fsp3) is 0. The van der Waals surface area contributed by atoms with Crippen molar-refractivity contribution in [3.05, 3.63) is 70.6 Å². The van der Waals surface area contributed by atoms with Gasteiger partial charge in [0.05, 0.1) is 0 Å². The number of fused-ring (bicyclic) bond motifs is 1. The maximum atomic E-state index is 11.8. The first kappa shape index (κ1) is 12.2. The number of aliphatic imine (C=N–C) groups is 1. The van der Waals surface area contributed by atoms with Gasteiger partial charge in [-0.1, -0.05) is 30.3 Å². The fourth-order valence-electron chi connectivity index (χ4n) is 1.88. The topological polar surface area (TPSA) is 62.8 Å². The molecule has 20 heavy (non-hydrogen) atoms. The van der Waals surface area contributed by atoms with E-state index in [1.54, 1.807) is 42.5 Å². The monoisotopic (exact) mass is 265 g/mol. The van der Waals surface area contributed by atoms with Crippen molar-refractivity contribution in [2.75, 3.05) is 0 Å². The van der Waals surface area contributed by atoms with Gasteiger partial charge in [-0.3, -0.25) is 0 Å². The summed E-state index contributed by atoms with van der Waals surface area (Å²) in [4.78, 5) is 15.9. The van der Waals surface area contributed by atoms with Gasteiger partial charge >= 0.3 is 5.63 Å². The van der Waals surface area contributed by atoms with E-state index in [0.29, 0.717) is 11.1 Å². The van der Waals surface area contributed by atoms with E-state index in [0.717, 1.165) is 5.39 Å². The molecule has 0 bridgehead atoms. The van der Waals surface area contributed by atoms with Crippen molar-refractivity contribution in [1.82, 2.24) is 0 Å². The average Bonchev–Trinajstić information content (AvgIpc) is 2.46. The van der Waals surface area contributed by atoms with Crippen molar-refractivity contribution in [3.8, 4) is 5.75 Å². The Morgan fingerprint density at radius 3 is 2.65 bits per heavy atom. The summed E-state index contributed by atoms with van der Waals surface area (Å²) in [6, 6.07) is 15.7. The molecule has 0 aliphatic carbocycles. The molecule has 2 aromatic carbocycles. The van der Waals surface area contributed by atoms with Crippen LogP contribution in [-0.4, -0.2) is 11.3 Å². The lowest BCUT2D eigenvalue weighted by atomic mass is 10.2. The standard InChI is InChI=1S/C16H11NO3/c18-14-7-3-1-6-12(14)10-17-13-9-11-5-2-4-8-15(11)20-16(13)19/h1-10,18H/b17-10+. The number of hydrogen-bond donors (Lipinski definition) is 1.